The second kappa shape index (κ2) is 3.37. The van der Waals surface area contributed by atoms with Crippen molar-refractivity contribution in [2.75, 3.05) is 19.7 Å². The highest BCUT2D eigenvalue weighted by atomic mass is 16.5. The Bertz CT molecular complexity index is 288. The predicted molar refractivity (Wildman–Crippen MR) is 60.9 cm³/mol. The molecule has 0 aromatic rings. The molecule has 2 aliphatic rings. The third-order valence-electron chi connectivity index (χ3n) is 3.52. The Labute approximate surface area is 91.5 Å². The Morgan fingerprint density at radius 3 is 2.87 bits per heavy atom. The van der Waals surface area contributed by atoms with Crippen molar-refractivity contribution in [2.24, 2.45) is 10.7 Å². The third-order valence-corrected chi connectivity index (χ3v) is 3.52. The number of guanidine groups is 1. The highest BCUT2D eigenvalue weighted by Crippen LogP contribution is 2.38. The fraction of sp³-hybridized carbons (Fsp3) is 0.909. The summed E-state index contributed by atoms with van der Waals surface area (Å²) in [6, 6.07) is 0. The van der Waals surface area contributed by atoms with Crippen LogP contribution in [0.2, 0.25) is 0 Å². The zero-order chi connectivity index (χ0) is 11.1. The van der Waals surface area contributed by atoms with Gasteiger partial charge in [0, 0.05) is 19.6 Å². The molecule has 0 radical (unpaired) electrons. The van der Waals surface area contributed by atoms with E-state index >= 15 is 0 Å². The molecular formula is C11H21N3O. The van der Waals surface area contributed by atoms with Crippen LogP contribution in [0, 0.1) is 0 Å². The SMILES string of the molecule is CCN1C(N)=NCC12CCOC(C)(C)C2. The van der Waals surface area contributed by atoms with Crippen LogP contribution in [0.3, 0.4) is 0 Å². The van der Waals surface area contributed by atoms with Crippen molar-refractivity contribution in [2.45, 2.75) is 44.8 Å². The van der Waals surface area contributed by atoms with E-state index in [2.05, 4.69) is 30.7 Å². The Morgan fingerprint density at radius 2 is 2.27 bits per heavy atom. The van der Waals surface area contributed by atoms with E-state index in [1.54, 1.807) is 0 Å². The van der Waals surface area contributed by atoms with Crippen LogP contribution >= 0.6 is 0 Å². The van der Waals surface area contributed by atoms with Gasteiger partial charge in [0.2, 0.25) is 0 Å². The van der Waals surface area contributed by atoms with E-state index in [1.165, 1.54) is 0 Å². The van der Waals surface area contributed by atoms with Crippen LogP contribution in [0.4, 0.5) is 0 Å². The Kier molecular flexibility index (Phi) is 2.41. The second-order valence-electron chi connectivity index (χ2n) is 5.18. The molecule has 1 spiro atoms. The molecule has 0 aromatic carbocycles. The molecule has 2 rings (SSSR count). The molecule has 0 amide bonds. The average Bonchev–Trinajstić information content (AvgIpc) is 2.41. The van der Waals surface area contributed by atoms with Crippen molar-refractivity contribution in [1.82, 2.24) is 4.90 Å². The highest BCUT2D eigenvalue weighted by Gasteiger charge is 2.47. The molecule has 4 heteroatoms. The van der Waals surface area contributed by atoms with Crippen molar-refractivity contribution >= 4 is 5.96 Å². The summed E-state index contributed by atoms with van der Waals surface area (Å²) in [5, 5.41) is 0. The number of likely N-dealkylation sites (N-methyl/N-ethyl adjacent to an activating group) is 1. The number of aliphatic imine (C=N–C) groups is 1. The van der Waals surface area contributed by atoms with Gasteiger partial charge in [-0.25, -0.2) is 0 Å². The lowest BCUT2D eigenvalue weighted by molar-refractivity contribution is -0.100. The minimum atomic E-state index is -0.0498. The standard InChI is InChI=1S/C11H21N3O/c1-4-14-9(12)13-8-11(14)5-6-15-10(2,3)7-11/h4-8H2,1-3H3,(H2,12,13). The molecule has 2 aliphatic heterocycles. The second-order valence-corrected chi connectivity index (χ2v) is 5.18. The van der Waals surface area contributed by atoms with Crippen molar-refractivity contribution in [1.29, 1.82) is 0 Å². The quantitative estimate of drug-likeness (QED) is 0.703. The minimum Gasteiger partial charge on any atom is -0.375 e. The fourth-order valence-electron chi connectivity index (χ4n) is 2.95. The summed E-state index contributed by atoms with van der Waals surface area (Å²) in [4.78, 5) is 6.64. The van der Waals surface area contributed by atoms with E-state index in [4.69, 9.17) is 10.5 Å². The van der Waals surface area contributed by atoms with Crippen LogP contribution in [0.25, 0.3) is 0 Å². The van der Waals surface area contributed by atoms with Crippen LogP contribution in [0.1, 0.15) is 33.6 Å². The smallest absolute Gasteiger partial charge is 0.191 e. The minimum absolute atomic E-state index is 0.0498. The zero-order valence-corrected chi connectivity index (χ0v) is 9.92. The number of nitrogens with zero attached hydrogens (tertiary/aromatic N) is 2. The van der Waals surface area contributed by atoms with Gasteiger partial charge in [0.1, 0.15) is 0 Å². The maximum atomic E-state index is 5.92. The number of hydrogen-bond acceptors (Lipinski definition) is 4. The summed E-state index contributed by atoms with van der Waals surface area (Å²) in [5.41, 5.74) is 5.99. The highest BCUT2D eigenvalue weighted by molar-refractivity contribution is 5.81. The summed E-state index contributed by atoms with van der Waals surface area (Å²) in [6.45, 7) is 9.02. The molecule has 1 unspecified atom stereocenters. The van der Waals surface area contributed by atoms with E-state index < -0.39 is 0 Å². The summed E-state index contributed by atoms with van der Waals surface area (Å²) >= 11 is 0. The molecule has 4 nitrogen and oxygen atoms in total. The van der Waals surface area contributed by atoms with Crippen LogP contribution in [-0.2, 0) is 4.74 Å². The van der Waals surface area contributed by atoms with Crippen LogP contribution in [-0.4, -0.2) is 41.7 Å². The van der Waals surface area contributed by atoms with Crippen molar-refractivity contribution in [3.05, 3.63) is 0 Å². The normalized spacial score (nSPS) is 34.6. The van der Waals surface area contributed by atoms with E-state index in [9.17, 15) is 0 Å². The van der Waals surface area contributed by atoms with Gasteiger partial charge in [-0.2, -0.15) is 0 Å². The molecule has 1 atom stereocenters. The Morgan fingerprint density at radius 1 is 1.53 bits per heavy atom. The molecule has 1 saturated heterocycles. The van der Waals surface area contributed by atoms with Gasteiger partial charge in [-0.3, -0.25) is 4.99 Å². The first-order valence-electron chi connectivity index (χ1n) is 5.71. The third kappa shape index (κ3) is 1.71. The van der Waals surface area contributed by atoms with Gasteiger partial charge in [0.25, 0.3) is 0 Å². The largest absolute Gasteiger partial charge is 0.375 e. The first-order chi connectivity index (χ1) is 6.99. The molecule has 1 fully saturated rings. The van der Waals surface area contributed by atoms with Gasteiger partial charge in [-0.15, -0.1) is 0 Å². The lowest BCUT2D eigenvalue weighted by atomic mass is 9.80. The lowest BCUT2D eigenvalue weighted by Gasteiger charge is -2.47. The van der Waals surface area contributed by atoms with Gasteiger partial charge in [0.15, 0.2) is 5.96 Å². The average molecular weight is 211 g/mol. The first kappa shape index (κ1) is 10.7. The lowest BCUT2D eigenvalue weighted by Crippen LogP contribution is -2.58. The maximum absolute atomic E-state index is 5.92. The van der Waals surface area contributed by atoms with Gasteiger partial charge in [-0.05, 0) is 27.2 Å². The zero-order valence-electron chi connectivity index (χ0n) is 9.92. The summed E-state index contributed by atoms with van der Waals surface area (Å²) < 4.78 is 5.76. The summed E-state index contributed by atoms with van der Waals surface area (Å²) in [6.07, 6.45) is 2.05. The first-order valence-corrected chi connectivity index (χ1v) is 5.71. The molecule has 86 valence electrons. The fourth-order valence-corrected chi connectivity index (χ4v) is 2.95. The maximum Gasteiger partial charge on any atom is 0.191 e. The van der Waals surface area contributed by atoms with Crippen molar-refractivity contribution in [3.63, 3.8) is 0 Å². The van der Waals surface area contributed by atoms with Gasteiger partial charge in [-0.1, -0.05) is 0 Å². The number of hydrogen-bond donors (Lipinski definition) is 1. The van der Waals surface area contributed by atoms with E-state index in [0.717, 1.165) is 32.5 Å². The summed E-state index contributed by atoms with van der Waals surface area (Å²) in [5.74, 6) is 0.704. The van der Waals surface area contributed by atoms with Gasteiger partial charge in [0.05, 0.1) is 17.7 Å². The van der Waals surface area contributed by atoms with Crippen molar-refractivity contribution < 1.29 is 4.74 Å². The van der Waals surface area contributed by atoms with E-state index in [0.29, 0.717) is 5.96 Å². The van der Waals surface area contributed by atoms with E-state index in [1.807, 2.05) is 0 Å². The van der Waals surface area contributed by atoms with Crippen LogP contribution < -0.4 is 5.73 Å². The monoisotopic (exact) mass is 211 g/mol. The molecular weight excluding hydrogens is 190 g/mol. The van der Waals surface area contributed by atoms with Crippen molar-refractivity contribution in [3.8, 4) is 0 Å². The molecule has 0 aromatic heterocycles. The summed E-state index contributed by atoms with van der Waals surface area (Å²) in [7, 11) is 0. The topological polar surface area (TPSA) is 50.8 Å². The Hall–Kier alpha value is -0.770. The molecule has 15 heavy (non-hydrogen) atoms. The van der Waals surface area contributed by atoms with Gasteiger partial charge < -0.3 is 15.4 Å². The Balaban J connectivity index is 2.20. The number of rotatable bonds is 1. The molecule has 2 heterocycles. The molecule has 0 bridgehead atoms. The van der Waals surface area contributed by atoms with Crippen LogP contribution in [0.5, 0.6) is 0 Å². The van der Waals surface area contributed by atoms with Gasteiger partial charge >= 0.3 is 0 Å². The van der Waals surface area contributed by atoms with Crippen LogP contribution in [0.15, 0.2) is 4.99 Å². The molecule has 0 saturated carbocycles. The number of nitrogens with two attached hydrogens (primary N) is 1. The molecule has 2 N–H and O–H groups in total. The predicted octanol–water partition coefficient (Wildman–Crippen LogP) is 0.964. The van der Waals surface area contributed by atoms with E-state index in [-0.39, 0.29) is 11.1 Å². The molecule has 0 aliphatic carbocycles. The number of ether oxygens (including phenoxy) is 1.